The molecule has 1 saturated carbocycles. The van der Waals surface area contributed by atoms with Crippen molar-refractivity contribution in [3.05, 3.63) is 42.1 Å². The largest absolute Gasteiger partial charge is 0.370 e. The lowest BCUT2D eigenvalue weighted by molar-refractivity contribution is -0.125. The lowest BCUT2D eigenvalue weighted by Gasteiger charge is -2.27. The highest BCUT2D eigenvalue weighted by atomic mass is 16.1. The molecule has 1 aliphatic heterocycles. The molecule has 0 radical (unpaired) electrons. The first-order valence-corrected chi connectivity index (χ1v) is 11.3. The van der Waals surface area contributed by atoms with Crippen LogP contribution in [0.5, 0.6) is 0 Å². The zero-order chi connectivity index (χ0) is 19.9. The summed E-state index contributed by atoms with van der Waals surface area (Å²) in [4.78, 5) is 21.6. The van der Waals surface area contributed by atoms with Gasteiger partial charge >= 0.3 is 0 Å². The fourth-order valence-corrected chi connectivity index (χ4v) is 4.69. The fourth-order valence-electron chi connectivity index (χ4n) is 4.69. The van der Waals surface area contributed by atoms with Crippen LogP contribution in [-0.4, -0.2) is 33.5 Å². The number of nitrogens with zero attached hydrogens (tertiary/aromatic N) is 3. The van der Waals surface area contributed by atoms with E-state index in [0.717, 1.165) is 51.1 Å². The maximum Gasteiger partial charge on any atom is 0.223 e. The minimum atomic E-state index is 0.0880. The van der Waals surface area contributed by atoms with E-state index in [9.17, 15) is 4.79 Å². The van der Waals surface area contributed by atoms with Crippen LogP contribution >= 0.6 is 0 Å². The molecule has 1 amide bonds. The number of pyridine rings is 1. The third-order valence-corrected chi connectivity index (χ3v) is 6.34. The molecule has 3 heterocycles. The fraction of sp³-hybridized carbons (Fsp3) is 0.609. The SMILES string of the molecule is O=C(NCCCCNc1ccccn1)C1CCn2c(cnc2C2CCCCC2)C1. The van der Waals surface area contributed by atoms with Crippen LogP contribution in [0.15, 0.2) is 30.6 Å². The highest BCUT2D eigenvalue weighted by Gasteiger charge is 2.29. The Morgan fingerprint density at radius 3 is 2.76 bits per heavy atom. The van der Waals surface area contributed by atoms with Gasteiger partial charge in [0.25, 0.3) is 0 Å². The number of hydrogen-bond donors (Lipinski definition) is 2. The van der Waals surface area contributed by atoms with Gasteiger partial charge in [0.1, 0.15) is 11.6 Å². The molecule has 6 nitrogen and oxygen atoms in total. The second-order valence-corrected chi connectivity index (χ2v) is 8.42. The molecule has 4 rings (SSSR count). The predicted octanol–water partition coefficient (Wildman–Crippen LogP) is 3.90. The number of nitrogens with one attached hydrogen (secondary N) is 2. The number of unbranched alkanes of at least 4 members (excludes halogenated alkanes) is 1. The molecule has 1 aliphatic carbocycles. The molecule has 1 atom stereocenters. The summed E-state index contributed by atoms with van der Waals surface area (Å²) in [6.07, 6.45) is 14.1. The van der Waals surface area contributed by atoms with Gasteiger partial charge in [-0.1, -0.05) is 25.3 Å². The molecule has 2 N–H and O–H groups in total. The van der Waals surface area contributed by atoms with Crippen molar-refractivity contribution < 1.29 is 4.79 Å². The monoisotopic (exact) mass is 395 g/mol. The minimum absolute atomic E-state index is 0.0880. The third kappa shape index (κ3) is 5.17. The van der Waals surface area contributed by atoms with Gasteiger partial charge < -0.3 is 15.2 Å². The van der Waals surface area contributed by atoms with Gasteiger partial charge in [-0.15, -0.1) is 0 Å². The summed E-state index contributed by atoms with van der Waals surface area (Å²) in [5.41, 5.74) is 1.25. The van der Waals surface area contributed by atoms with Crippen LogP contribution in [0.1, 0.15) is 68.8 Å². The van der Waals surface area contributed by atoms with Gasteiger partial charge in [-0.25, -0.2) is 9.97 Å². The van der Waals surface area contributed by atoms with Crippen molar-refractivity contribution in [1.82, 2.24) is 19.9 Å². The van der Waals surface area contributed by atoms with E-state index >= 15 is 0 Å². The lowest BCUT2D eigenvalue weighted by Crippen LogP contribution is -2.36. The van der Waals surface area contributed by atoms with E-state index in [0.29, 0.717) is 5.92 Å². The molecule has 0 spiro atoms. The first kappa shape index (κ1) is 19.9. The maximum atomic E-state index is 12.6. The molecular weight excluding hydrogens is 362 g/mol. The third-order valence-electron chi connectivity index (χ3n) is 6.34. The number of anilines is 1. The summed E-state index contributed by atoms with van der Waals surface area (Å²) in [5, 5.41) is 6.44. The number of aromatic nitrogens is 3. The molecule has 2 aromatic heterocycles. The average molecular weight is 396 g/mol. The Morgan fingerprint density at radius 2 is 1.93 bits per heavy atom. The lowest BCUT2D eigenvalue weighted by atomic mass is 9.88. The maximum absolute atomic E-state index is 12.6. The average Bonchev–Trinajstić information content (AvgIpc) is 3.20. The van der Waals surface area contributed by atoms with E-state index in [1.165, 1.54) is 43.6 Å². The van der Waals surface area contributed by atoms with Crippen molar-refractivity contribution in [3.8, 4) is 0 Å². The van der Waals surface area contributed by atoms with Crippen LogP contribution in [0.4, 0.5) is 5.82 Å². The highest BCUT2D eigenvalue weighted by Crippen LogP contribution is 2.34. The Hall–Kier alpha value is -2.37. The molecular formula is C23H33N5O. The van der Waals surface area contributed by atoms with Crippen LogP contribution in [0.3, 0.4) is 0 Å². The molecule has 0 bridgehead atoms. The number of hydrogen-bond acceptors (Lipinski definition) is 4. The second-order valence-electron chi connectivity index (χ2n) is 8.42. The van der Waals surface area contributed by atoms with Gasteiger partial charge in [0.2, 0.25) is 5.91 Å². The van der Waals surface area contributed by atoms with E-state index in [-0.39, 0.29) is 11.8 Å². The van der Waals surface area contributed by atoms with E-state index in [1.807, 2.05) is 24.4 Å². The zero-order valence-electron chi connectivity index (χ0n) is 17.3. The van der Waals surface area contributed by atoms with Crippen LogP contribution in [0.25, 0.3) is 0 Å². The zero-order valence-corrected chi connectivity index (χ0v) is 17.3. The first-order valence-electron chi connectivity index (χ1n) is 11.3. The van der Waals surface area contributed by atoms with E-state index in [4.69, 9.17) is 4.98 Å². The molecule has 156 valence electrons. The predicted molar refractivity (Wildman–Crippen MR) is 115 cm³/mol. The summed E-state index contributed by atoms with van der Waals surface area (Å²) < 4.78 is 2.41. The molecule has 2 aromatic rings. The number of imidazole rings is 1. The van der Waals surface area contributed by atoms with Crippen molar-refractivity contribution in [3.63, 3.8) is 0 Å². The number of amides is 1. The molecule has 1 fully saturated rings. The molecule has 1 unspecified atom stereocenters. The van der Waals surface area contributed by atoms with Crippen molar-refractivity contribution >= 4 is 11.7 Å². The van der Waals surface area contributed by atoms with Gasteiger partial charge in [-0.05, 0) is 44.2 Å². The topological polar surface area (TPSA) is 71.8 Å². The summed E-state index contributed by atoms with van der Waals surface area (Å²) >= 11 is 0. The van der Waals surface area contributed by atoms with Gasteiger partial charge in [-0.2, -0.15) is 0 Å². The van der Waals surface area contributed by atoms with Gasteiger partial charge in [-0.3, -0.25) is 4.79 Å². The van der Waals surface area contributed by atoms with E-state index < -0.39 is 0 Å². The van der Waals surface area contributed by atoms with Crippen molar-refractivity contribution in [1.29, 1.82) is 0 Å². The van der Waals surface area contributed by atoms with Crippen LogP contribution in [0.2, 0.25) is 0 Å². The Balaban J connectivity index is 1.17. The second kappa shape index (κ2) is 9.90. The Kier molecular flexibility index (Phi) is 6.80. The van der Waals surface area contributed by atoms with Gasteiger partial charge in [0.15, 0.2) is 0 Å². The number of carbonyl (C=O) groups is 1. The number of carbonyl (C=O) groups excluding carboxylic acids is 1. The summed E-state index contributed by atoms with van der Waals surface area (Å²) in [5.74, 6) is 3.10. The molecule has 0 saturated heterocycles. The molecule has 29 heavy (non-hydrogen) atoms. The van der Waals surface area contributed by atoms with Crippen molar-refractivity contribution in [2.24, 2.45) is 5.92 Å². The summed E-state index contributed by atoms with van der Waals surface area (Å²) in [6.45, 7) is 2.55. The van der Waals surface area contributed by atoms with Crippen LogP contribution < -0.4 is 10.6 Å². The van der Waals surface area contributed by atoms with E-state index in [2.05, 4.69) is 20.2 Å². The quantitative estimate of drug-likeness (QED) is 0.665. The number of rotatable bonds is 8. The molecule has 0 aromatic carbocycles. The van der Waals surface area contributed by atoms with Crippen LogP contribution in [0, 0.1) is 5.92 Å². The molecule has 2 aliphatic rings. The Morgan fingerprint density at radius 1 is 1.07 bits per heavy atom. The van der Waals surface area contributed by atoms with Gasteiger partial charge in [0, 0.05) is 56.0 Å². The molecule has 6 heteroatoms. The van der Waals surface area contributed by atoms with Gasteiger partial charge in [0.05, 0.1) is 0 Å². The Labute approximate surface area is 173 Å². The first-order chi connectivity index (χ1) is 14.3. The van der Waals surface area contributed by atoms with Crippen molar-refractivity contribution in [2.75, 3.05) is 18.4 Å². The highest BCUT2D eigenvalue weighted by molar-refractivity contribution is 5.79. The number of fused-ring (bicyclic) bond motifs is 1. The Bertz CT molecular complexity index is 782. The normalized spacial score (nSPS) is 19.5. The smallest absolute Gasteiger partial charge is 0.223 e. The standard InChI is InChI=1S/C23H33N5O/c29-23(26-14-7-6-13-25-21-10-4-5-12-24-21)19-11-15-28-20(16-19)17-27-22(28)18-8-2-1-3-9-18/h4-5,10,12,17-19H,1-3,6-9,11,13-16H2,(H,24,25)(H,26,29). The minimum Gasteiger partial charge on any atom is -0.370 e. The van der Waals surface area contributed by atoms with Crippen LogP contribution in [-0.2, 0) is 17.8 Å². The van der Waals surface area contributed by atoms with Crippen molar-refractivity contribution in [2.45, 2.75) is 70.3 Å². The summed E-state index contributed by atoms with van der Waals surface area (Å²) in [6, 6.07) is 5.86. The van der Waals surface area contributed by atoms with E-state index in [1.54, 1.807) is 6.20 Å². The summed E-state index contributed by atoms with van der Waals surface area (Å²) in [7, 11) is 0.